The van der Waals surface area contributed by atoms with Crippen molar-refractivity contribution in [2.75, 3.05) is 27.3 Å². The van der Waals surface area contributed by atoms with Crippen molar-refractivity contribution in [2.24, 2.45) is 0 Å². The molecule has 1 atom stereocenters. The first-order valence-corrected chi connectivity index (χ1v) is 14.5. The van der Waals surface area contributed by atoms with E-state index in [-0.39, 0.29) is 18.4 Å². The molecule has 38 heavy (non-hydrogen) atoms. The zero-order valence-electron chi connectivity index (χ0n) is 24.0. The highest BCUT2D eigenvalue weighted by Gasteiger charge is 2.13. The van der Waals surface area contributed by atoms with Gasteiger partial charge in [-0.1, -0.05) is 63.7 Å². The van der Waals surface area contributed by atoms with Crippen LogP contribution in [0.3, 0.4) is 0 Å². The minimum Gasteiger partial charge on any atom is -0.493 e. The van der Waals surface area contributed by atoms with Crippen LogP contribution < -0.4 is 9.47 Å². The van der Waals surface area contributed by atoms with Gasteiger partial charge in [0.1, 0.15) is 11.5 Å². The summed E-state index contributed by atoms with van der Waals surface area (Å²) in [6, 6.07) is 5.56. The van der Waals surface area contributed by atoms with E-state index in [1.165, 1.54) is 32.1 Å². The average molecular weight is 534 g/mol. The van der Waals surface area contributed by atoms with Crippen LogP contribution in [0, 0.1) is 0 Å². The number of ether oxygens (including phenoxy) is 2. The van der Waals surface area contributed by atoms with Gasteiger partial charge in [0.25, 0.3) is 0 Å². The van der Waals surface area contributed by atoms with E-state index >= 15 is 0 Å². The number of aliphatic hydroxyl groups excluding tert-OH is 1. The lowest BCUT2D eigenvalue weighted by molar-refractivity contribution is -0.137. The normalized spacial score (nSPS) is 12.0. The summed E-state index contributed by atoms with van der Waals surface area (Å²) in [5.74, 6) is 0.544. The third-order valence-corrected chi connectivity index (χ3v) is 6.45. The Morgan fingerprint density at radius 3 is 2.16 bits per heavy atom. The molecule has 0 aromatic heterocycles. The molecule has 0 spiro atoms. The number of carboxylic acid groups (broad SMARTS) is 1. The molecule has 0 saturated carbocycles. The van der Waals surface area contributed by atoms with Crippen LogP contribution in [0.25, 0.3) is 0 Å². The average Bonchev–Trinajstić information content (AvgIpc) is 2.88. The summed E-state index contributed by atoms with van der Waals surface area (Å²) < 4.78 is 12.0. The molecule has 7 nitrogen and oxygen atoms in total. The zero-order valence-corrected chi connectivity index (χ0v) is 24.0. The van der Waals surface area contributed by atoms with Gasteiger partial charge in [-0.05, 0) is 57.1 Å². The molecule has 2 N–H and O–H groups in total. The van der Waals surface area contributed by atoms with Crippen molar-refractivity contribution in [1.82, 2.24) is 4.90 Å². The minimum atomic E-state index is -0.863. The number of nitrogens with zero attached hydrogens (tertiary/aromatic N) is 1. The zero-order chi connectivity index (χ0) is 28.0. The van der Waals surface area contributed by atoms with Crippen molar-refractivity contribution in [3.05, 3.63) is 35.9 Å². The molecule has 216 valence electrons. The molecule has 0 bridgehead atoms. The third kappa shape index (κ3) is 16.3. The summed E-state index contributed by atoms with van der Waals surface area (Å²) in [7, 11) is 3.50. The van der Waals surface area contributed by atoms with E-state index in [0.717, 1.165) is 50.5 Å². The third-order valence-electron chi connectivity index (χ3n) is 6.45. The maximum atomic E-state index is 11.7. The highest BCUT2D eigenvalue weighted by Crippen LogP contribution is 2.30. The first-order chi connectivity index (χ1) is 18.3. The van der Waals surface area contributed by atoms with Gasteiger partial charge >= 0.3 is 5.97 Å². The first-order valence-electron chi connectivity index (χ1n) is 14.5. The van der Waals surface area contributed by atoms with Gasteiger partial charge in [-0.3, -0.25) is 9.59 Å². The minimum absolute atomic E-state index is 0.0000684. The number of aliphatic carboxylic acids is 1. The number of carbonyl (C=O) groups excluding carboxylic acids is 1. The SMILES string of the molecule is CCCCCCCCC(O)C=CCCCCOc1cccc(OCCCCC(=O)N(C)C)c1CCC(=O)O. The summed E-state index contributed by atoms with van der Waals surface area (Å²) in [4.78, 5) is 24.5. The van der Waals surface area contributed by atoms with Crippen LogP contribution in [0.15, 0.2) is 30.4 Å². The molecule has 0 radical (unpaired) electrons. The molecule has 1 rings (SSSR count). The van der Waals surface area contributed by atoms with Gasteiger partial charge in [-0.15, -0.1) is 0 Å². The smallest absolute Gasteiger partial charge is 0.303 e. The maximum Gasteiger partial charge on any atom is 0.303 e. The fourth-order valence-electron chi connectivity index (χ4n) is 4.11. The number of amides is 1. The molecule has 0 heterocycles. The highest BCUT2D eigenvalue weighted by molar-refractivity contribution is 5.75. The molecular weight excluding hydrogens is 482 g/mol. The molecule has 7 heteroatoms. The molecule has 1 amide bonds. The Balaban J connectivity index is 2.41. The van der Waals surface area contributed by atoms with E-state index in [2.05, 4.69) is 13.0 Å². The van der Waals surface area contributed by atoms with Gasteiger partial charge in [0.05, 0.1) is 19.3 Å². The van der Waals surface area contributed by atoms with Crippen molar-refractivity contribution < 1.29 is 29.3 Å². The van der Waals surface area contributed by atoms with Crippen LogP contribution in [0.1, 0.15) is 102 Å². The molecule has 0 saturated heterocycles. The van der Waals surface area contributed by atoms with Gasteiger partial charge < -0.3 is 24.6 Å². The number of carboxylic acids is 1. The summed E-state index contributed by atoms with van der Waals surface area (Å²) >= 11 is 0. The first kappa shape index (κ1) is 33.5. The summed E-state index contributed by atoms with van der Waals surface area (Å²) in [6.45, 7) is 3.21. The molecule has 0 fully saturated rings. The second-order valence-corrected chi connectivity index (χ2v) is 10.1. The Hall–Kier alpha value is -2.54. The van der Waals surface area contributed by atoms with Crippen molar-refractivity contribution >= 4 is 11.9 Å². The Morgan fingerprint density at radius 2 is 1.53 bits per heavy atom. The van der Waals surface area contributed by atoms with Crippen LogP contribution in [-0.4, -0.2) is 60.4 Å². The number of rotatable bonds is 23. The van der Waals surface area contributed by atoms with Gasteiger partial charge in [-0.25, -0.2) is 0 Å². The Labute approximate surface area is 230 Å². The monoisotopic (exact) mass is 533 g/mol. The standard InChI is InChI=1S/C31H51NO6/c1-4-5-6-7-8-11-17-26(33)18-12-9-10-14-24-37-28-19-16-20-29(27(28)22-23-31(35)36)38-25-15-13-21-30(34)32(2)3/h12,16,18-20,26,33H,4-11,13-15,17,21-25H2,1-3H3,(H,35,36). The van der Waals surface area contributed by atoms with Crippen LogP contribution >= 0.6 is 0 Å². The highest BCUT2D eigenvalue weighted by atomic mass is 16.5. The number of carbonyl (C=O) groups is 2. The molecule has 1 aromatic carbocycles. The number of unbranched alkanes of at least 4 members (excludes halogenated alkanes) is 8. The largest absolute Gasteiger partial charge is 0.493 e. The number of hydrogen-bond acceptors (Lipinski definition) is 5. The van der Waals surface area contributed by atoms with E-state index in [0.29, 0.717) is 37.6 Å². The summed E-state index contributed by atoms with van der Waals surface area (Å²) in [6.07, 6.45) is 16.8. The fraction of sp³-hybridized carbons (Fsp3) is 0.677. The van der Waals surface area contributed by atoms with E-state index in [1.807, 2.05) is 24.3 Å². The predicted octanol–water partition coefficient (Wildman–Crippen LogP) is 6.56. The second-order valence-electron chi connectivity index (χ2n) is 10.1. The van der Waals surface area contributed by atoms with Gasteiger partial charge in [-0.2, -0.15) is 0 Å². The van der Waals surface area contributed by atoms with Crippen molar-refractivity contribution in [1.29, 1.82) is 0 Å². The van der Waals surface area contributed by atoms with Crippen molar-refractivity contribution in [3.63, 3.8) is 0 Å². The van der Waals surface area contributed by atoms with E-state index in [1.54, 1.807) is 19.0 Å². The lowest BCUT2D eigenvalue weighted by atomic mass is 10.1. The summed E-state index contributed by atoms with van der Waals surface area (Å²) in [5.41, 5.74) is 0.775. The van der Waals surface area contributed by atoms with Crippen LogP contribution in [0.2, 0.25) is 0 Å². The van der Waals surface area contributed by atoms with E-state index < -0.39 is 5.97 Å². The molecule has 0 aliphatic carbocycles. The Kier molecular flexibility index (Phi) is 18.9. The van der Waals surface area contributed by atoms with Gasteiger partial charge in [0, 0.05) is 32.5 Å². The second kappa shape index (κ2) is 21.4. The number of hydrogen-bond donors (Lipinski definition) is 2. The Morgan fingerprint density at radius 1 is 0.895 bits per heavy atom. The predicted molar refractivity (Wildman–Crippen MR) is 153 cm³/mol. The Bertz CT molecular complexity index is 808. The van der Waals surface area contributed by atoms with Gasteiger partial charge in [0.15, 0.2) is 0 Å². The molecule has 0 aliphatic rings. The van der Waals surface area contributed by atoms with Crippen LogP contribution in [0.5, 0.6) is 11.5 Å². The van der Waals surface area contributed by atoms with Crippen molar-refractivity contribution in [2.45, 2.75) is 109 Å². The van der Waals surface area contributed by atoms with E-state index in [9.17, 15) is 19.8 Å². The fourth-order valence-corrected chi connectivity index (χ4v) is 4.11. The van der Waals surface area contributed by atoms with Crippen LogP contribution in [-0.2, 0) is 16.0 Å². The van der Waals surface area contributed by atoms with Gasteiger partial charge in [0.2, 0.25) is 5.91 Å². The lowest BCUT2D eigenvalue weighted by Crippen LogP contribution is -2.21. The van der Waals surface area contributed by atoms with Crippen molar-refractivity contribution in [3.8, 4) is 11.5 Å². The lowest BCUT2D eigenvalue weighted by Gasteiger charge is -2.16. The maximum absolute atomic E-state index is 11.7. The number of allylic oxidation sites excluding steroid dienone is 1. The quantitative estimate of drug-likeness (QED) is 0.122. The molecular formula is C31H51NO6. The topological polar surface area (TPSA) is 96.3 Å². The molecule has 0 aliphatic heterocycles. The number of aliphatic hydroxyl groups is 1. The van der Waals surface area contributed by atoms with Crippen LogP contribution in [0.4, 0.5) is 0 Å². The molecule has 1 aromatic rings. The molecule has 1 unspecified atom stereocenters. The van der Waals surface area contributed by atoms with E-state index in [4.69, 9.17) is 9.47 Å². The number of benzene rings is 1. The summed E-state index contributed by atoms with van der Waals surface area (Å²) in [5, 5.41) is 19.3.